The molecule has 0 amide bonds. The van der Waals surface area contributed by atoms with Crippen LogP contribution >= 0.6 is 0 Å². The number of nitrogens with one attached hydrogen (secondary N) is 2. The van der Waals surface area contributed by atoms with E-state index in [9.17, 15) is 19.8 Å². The number of benzene rings is 3. The van der Waals surface area contributed by atoms with Gasteiger partial charge >= 0.3 is 0 Å². The Morgan fingerprint density at radius 3 is 1.85 bits per heavy atom. The first kappa shape index (κ1) is 22.0. The molecule has 4 rings (SSSR count). The smallest absolute Gasteiger partial charge is 0.200 e. The molecule has 1 aliphatic rings. The van der Waals surface area contributed by atoms with Crippen LogP contribution in [0.3, 0.4) is 0 Å². The summed E-state index contributed by atoms with van der Waals surface area (Å²) in [4.78, 5) is 31.1. The second-order valence-corrected chi connectivity index (χ2v) is 7.51. The highest BCUT2D eigenvalue weighted by molar-refractivity contribution is 6.33. The van der Waals surface area contributed by atoms with E-state index < -0.39 is 11.6 Å². The summed E-state index contributed by atoms with van der Waals surface area (Å²) in [6.07, 6.45) is 1.77. The topological polar surface area (TPSA) is 137 Å². The van der Waals surface area contributed by atoms with Crippen molar-refractivity contribution in [3.63, 3.8) is 0 Å². The zero-order chi connectivity index (χ0) is 23.4. The van der Waals surface area contributed by atoms with Gasteiger partial charge in [-0.1, -0.05) is 30.3 Å². The molecule has 8 nitrogen and oxygen atoms in total. The largest absolute Gasteiger partial charge is 0.507 e. The van der Waals surface area contributed by atoms with Gasteiger partial charge in [-0.15, -0.1) is 0 Å². The van der Waals surface area contributed by atoms with Gasteiger partial charge in [-0.3, -0.25) is 14.6 Å². The predicted molar refractivity (Wildman–Crippen MR) is 128 cm³/mol. The average molecular weight is 444 g/mol. The van der Waals surface area contributed by atoms with E-state index in [1.807, 2.05) is 30.3 Å². The van der Waals surface area contributed by atoms with Gasteiger partial charge in [-0.2, -0.15) is 0 Å². The summed E-state index contributed by atoms with van der Waals surface area (Å²) in [6, 6.07) is 15.5. The van der Waals surface area contributed by atoms with E-state index in [-0.39, 0.29) is 33.8 Å². The minimum atomic E-state index is -0.543. The second kappa shape index (κ2) is 9.54. The van der Waals surface area contributed by atoms with Crippen LogP contribution in [0.4, 0.5) is 11.4 Å². The number of phenolic OH excluding ortho intramolecular Hbond substituents is 2. The van der Waals surface area contributed by atoms with Crippen LogP contribution in [-0.4, -0.2) is 54.2 Å². The van der Waals surface area contributed by atoms with Crippen LogP contribution in [0.25, 0.3) is 0 Å². The number of aromatic hydroxyl groups is 2. The minimum Gasteiger partial charge on any atom is -0.507 e. The molecule has 0 bridgehead atoms. The summed E-state index contributed by atoms with van der Waals surface area (Å²) in [5.74, 6) is -1.80. The van der Waals surface area contributed by atoms with E-state index in [1.54, 1.807) is 18.3 Å². The monoisotopic (exact) mass is 444 g/mol. The van der Waals surface area contributed by atoms with E-state index in [1.165, 1.54) is 12.1 Å². The fraction of sp³-hybridized carbons (Fsp3) is 0.160. The maximum atomic E-state index is 13.4. The molecule has 168 valence electrons. The Morgan fingerprint density at radius 2 is 1.30 bits per heavy atom. The van der Waals surface area contributed by atoms with Crippen LogP contribution in [0, 0.1) is 0 Å². The maximum Gasteiger partial charge on any atom is 0.200 e. The summed E-state index contributed by atoms with van der Waals surface area (Å²) in [5.41, 5.74) is 7.34. The first-order valence-electron chi connectivity index (χ1n) is 10.6. The number of ketones is 2. The van der Waals surface area contributed by atoms with Crippen molar-refractivity contribution in [2.45, 2.75) is 0 Å². The lowest BCUT2D eigenvalue weighted by Crippen LogP contribution is -2.25. The maximum absolute atomic E-state index is 13.4. The number of carbonyl (C=O) groups excluding carboxylic acids is 2. The molecule has 0 atom stereocenters. The van der Waals surface area contributed by atoms with E-state index in [0.717, 1.165) is 5.56 Å². The minimum absolute atomic E-state index is 0.139. The highest BCUT2D eigenvalue weighted by Gasteiger charge is 2.37. The molecule has 8 heteroatoms. The van der Waals surface area contributed by atoms with Crippen molar-refractivity contribution in [1.82, 2.24) is 0 Å². The standard InChI is InChI=1S/C25H24N4O4/c26-10-11-28-16-6-7-17(29-13-12-27-14-15-4-2-1-3-5-15)21-20(16)24(32)22-18(30)8-9-19(31)23(22)25(21)33/h1-9,14,28-31H,10-13,26H2. The zero-order valence-electron chi connectivity index (χ0n) is 17.8. The SMILES string of the molecule is NCCNc1ccc(NCCN=Cc2ccccc2)c2c1C(=O)c1c(O)ccc(O)c1C2=O. The van der Waals surface area contributed by atoms with Gasteiger partial charge in [0.05, 0.1) is 28.8 Å². The summed E-state index contributed by atoms with van der Waals surface area (Å²) in [5, 5.41) is 26.8. The Labute approximate surface area is 190 Å². The third-order valence-corrected chi connectivity index (χ3v) is 5.33. The summed E-state index contributed by atoms with van der Waals surface area (Å²) in [6.45, 7) is 1.60. The Bertz CT molecular complexity index is 1240. The lowest BCUT2D eigenvalue weighted by Gasteiger charge is -2.24. The molecule has 1 aliphatic carbocycles. The molecule has 0 fully saturated rings. The van der Waals surface area contributed by atoms with Gasteiger partial charge in [0.25, 0.3) is 0 Å². The number of nitrogens with zero attached hydrogens (tertiary/aromatic N) is 1. The van der Waals surface area contributed by atoms with Crippen molar-refractivity contribution in [1.29, 1.82) is 0 Å². The third-order valence-electron chi connectivity index (χ3n) is 5.33. The zero-order valence-corrected chi connectivity index (χ0v) is 17.8. The van der Waals surface area contributed by atoms with Crippen LogP contribution in [0.1, 0.15) is 37.4 Å². The number of hydrogen-bond acceptors (Lipinski definition) is 8. The van der Waals surface area contributed by atoms with Gasteiger partial charge in [0, 0.05) is 37.2 Å². The van der Waals surface area contributed by atoms with E-state index in [4.69, 9.17) is 5.73 Å². The summed E-state index contributed by atoms with van der Waals surface area (Å²) < 4.78 is 0. The molecule has 33 heavy (non-hydrogen) atoms. The highest BCUT2D eigenvalue weighted by Crippen LogP contribution is 2.42. The Balaban J connectivity index is 1.66. The van der Waals surface area contributed by atoms with Gasteiger partial charge in [-0.05, 0) is 29.8 Å². The lowest BCUT2D eigenvalue weighted by atomic mass is 9.81. The normalized spacial score (nSPS) is 12.5. The van der Waals surface area contributed by atoms with Crippen LogP contribution in [0.2, 0.25) is 0 Å². The molecule has 0 spiro atoms. The van der Waals surface area contributed by atoms with Gasteiger partial charge < -0.3 is 26.6 Å². The number of nitrogens with two attached hydrogens (primary N) is 1. The number of hydrogen-bond donors (Lipinski definition) is 5. The van der Waals surface area contributed by atoms with Crippen molar-refractivity contribution in [3.05, 3.63) is 82.4 Å². The second-order valence-electron chi connectivity index (χ2n) is 7.51. The fourth-order valence-corrected chi connectivity index (χ4v) is 3.83. The molecule has 0 unspecified atom stereocenters. The van der Waals surface area contributed by atoms with E-state index >= 15 is 0 Å². The molecule has 0 saturated heterocycles. The van der Waals surface area contributed by atoms with Gasteiger partial charge in [0.2, 0.25) is 11.6 Å². The first-order chi connectivity index (χ1) is 16.0. The molecule has 3 aromatic rings. The van der Waals surface area contributed by atoms with E-state index in [0.29, 0.717) is 37.6 Å². The Morgan fingerprint density at radius 1 is 0.758 bits per heavy atom. The molecule has 0 saturated carbocycles. The van der Waals surface area contributed by atoms with E-state index in [2.05, 4.69) is 15.6 Å². The van der Waals surface area contributed by atoms with Crippen molar-refractivity contribution in [2.75, 3.05) is 36.8 Å². The Hall–Kier alpha value is -4.17. The Kier molecular flexibility index (Phi) is 6.37. The van der Waals surface area contributed by atoms with Crippen molar-refractivity contribution in [3.8, 4) is 11.5 Å². The lowest BCUT2D eigenvalue weighted by molar-refractivity contribution is 0.0975. The number of carbonyl (C=O) groups is 2. The third kappa shape index (κ3) is 4.28. The molecule has 0 aliphatic heterocycles. The number of fused-ring (bicyclic) bond motifs is 2. The van der Waals surface area contributed by atoms with Crippen LogP contribution in [-0.2, 0) is 0 Å². The molecule has 0 aromatic heterocycles. The molecule has 0 radical (unpaired) electrons. The molecule has 0 heterocycles. The quantitative estimate of drug-likeness (QED) is 0.160. The first-order valence-corrected chi connectivity index (χ1v) is 10.6. The molecular weight excluding hydrogens is 420 g/mol. The van der Waals surface area contributed by atoms with Gasteiger partial charge in [-0.25, -0.2) is 0 Å². The summed E-state index contributed by atoms with van der Waals surface area (Å²) in [7, 11) is 0. The van der Waals surface area contributed by atoms with Crippen LogP contribution in [0.15, 0.2) is 59.6 Å². The van der Waals surface area contributed by atoms with Crippen molar-refractivity contribution in [2.24, 2.45) is 10.7 Å². The van der Waals surface area contributed by atoms with Crippen molar-refractivity contribution < 1.29 is 19.8 Å². The number of phenols is 2. The van der Waals surface area contributed by atoms with Gasteiger partial charge in [0.1, 0.15) is 11.5 Å². The van der Waals surface area contributed by atoms with Gasteiger partial charge in [0.15, 0.2) is 0 Å². The van der Waals surface area contributed by atoms with Crippen LogP contribution in [0.5, 0.6) is 11.5 Å². The molecular formula is C25H24N4O4. The predicted octanol–water partition coefficient (Wildman–Crippen LogP) is 2.77. The highest BCUT2D eigenvalue weighted by atomic mass is 16.3. The van der Waals surface area contributed by atoms with Crippen molar-refractivity contribution >= 4 is 29.2 Å². The molecule has 6 N–H and O–H groups in total. The fourth-order valence-electron chi connectivity index (χ4n) is 3.83. The molecule has 3 aromatic carbocycles. The van der Waals surface area contributed by atoms with Crippen LogP contribution < -0.4 is 16.4 Å². The number of aliphatic imine (C=N–C) groups is 1. The summed E-state index contributed by atoms with van der Waals surface area (Å²) >= 11 is 0. The number of rotatable bonds is 8. The average Bonchev–Trinajstić information content (AvgIpc) is 2.83. The number of anilines is 2.